The average molecular weight is 329 g/mol. The van der Waals surface area contributed by atoms with E-state index in [-0.39, 0.29) is 16.5 Å². The van der Waals surface area contributed by atoms with E-state index in [1.54, 1.807) is 6.07 Å². The number of hydrogen-bond donors (Lipinski definition) is 2. The normalized spacial score (nSPS) is 13.8. The first-order valence-corrected chi connectivity index (χ1v) is 7.11. The Morgan fingerprint density at radius 2 is 2.19 bits per heavy atom. The molecule has 1 unspecified atom stereocenters. The molecule has 2 N–H and O–H groups in total. The minimum atomic E-state index is -3.67. The Morgan fingerprint density at radius 3 is 2.69 bits per heavy atom. The van der Waals surface area contributed by atoms with E-state index in [4.69, 9.17) is 16.7 Å². The summed E-state index contributed by atoms with van der Waals surface area (Å²) in [6.45, 7) is 1.44. The summed E-state index contributed by atoms with van der Waals surface area (Å²) in [6.07, 6.45) is -0.746. The van der Waals surface area contributed by atoms with Crippen LogP contribution >= 0.6 is 27.5 Å². The van der Waals surface area contributed by atoms with Gasteiger partial charge in [-0.2, -0.15) is 0 Å². The van der Waals surface area contributed by atoms with Crippen LogP contribution in [0.5, 0.6) is 0 Å². The Kier molecular flexibility index (Phi) is 4.75. The third-order valence-electron chi connectivity index (χ3n) is 1.75. The standard InChI is InChI=1S/C9H11BrClNO3S/c1-6(13)5-12-16(14,15)9-3-2-7(10)4-8(9)11/h2-4,6,12-13H,5H2,1H3. The second-order valence-electron chi connectivity index (χ2n) is 3.28. The molecule has 0 bridgehead atoms. The van der Waals surface area contributed by atoms with Crippen molar-refractivity contribution in [3.63, 3.8) is 0 Å². The summed E-state index contributed by atoms with van der Waals surface area (Å²) < 4.78 is 26.5. The molecule has 0 heterocycles. The lowest BCUT2D eigenvalue weighted by molar-refractivity contribution is 0.198. The van der Waals surface area contributed by atoms with Crippen LogP contribution in [-0.4, -0.2) is 26.2 Å². The smallest absolute Gasteiger partial charge is 0.242 e. The van der Waals surface area contributed by atoms with Gasteiger partial charge in [-0.15, -0.1) is 0 Å². The van der Waals surface area contributed by atoms with Crippen LogP contribution in [0.15, 0.2) is 27.6 Å². The number of halogens is 2. The zero-order chi connectivity index (χ0) is 12.3. The molecular weight excluding hydrogens is 318 g/mol. The highest BCUT2D eigenvalue weighted by Crippen LogP contribution is 2.24. The SMILES string of the molecule is CC(O)CNS(=O)(=O)c1ccc(Br)cc1Cl. The quantitative estimate of drug-likeness (QED) is 0.885. The van der Waals surface area contributed by atoms with Gasteiger partial charge in [-0.05, 0) is 25.1 Å². The first-order chi connectivity index (χ1) is 7.33. The van der Waals surface area contributed by atoms with Gasteiger partial charge in [0.2, 0.25) is 10.0 Å². The lowest BCUT2D eigenvalue weighted by Crippen LogP contribution is -2.30. The van der Waals surface area contributed by atoms with Crippen molar-refractivity contribution in [3.8, 4) is 0 Å². The van der Waals surface area contributed by atoms with Crippen LogP contribution in [-0.2, 0) is 10.0 Å². The molecule has 0 saturated heterocycles. The maximum atomic E-state index is 11.7. The van der Waals surface area contributed by atoms with E-state index >= 15 is 0 Å². The van der Waals surface area contributed by atoms with Crippen LogP contribution in [0.2, 0.25) is 5.02 Å². The van der Waals surface area contributed by atoms with Crippen LogP contribution < -0.4 is 4.72 Å². The Labute approximate surface area is 108 Å². The molecule has 0 fully saturated rings. The van der Waals surface area contributed by atoms with Crippen LogP contribution in [0.3, 0.4) is 0 Å². The fraction of sp³-hybridized carbons (Fsp3) is 0.333. The molecule has 0 aliphatic heterocycles. The van der Waals surface area contributed by atoms with Gasteiger partial charge in [-0.25, -0.2) is 13.1 Å². The zero-order valence-corrected chi connectivity index (χ0v) is 11.6. The van der Waals surface area contributed by atoms with E-state index in [1.807, 2.05) is 0 Å². The minimum Gasteiger partial charge on any atom is -0.392 e. The van der Waals surface area contributed by atoms with Crippen molar-refractivity contribution < 1.29 is 13.5 Å². The third kappa shape index (κ3) is 3.71. The van der Waals surface area contributed by atoms with Crippen molar-refractivity contribution in [2.75, 3.05) is 6.54 Å². The number of hydrogen-bond acceptors (Lipinski definition) is 3. The number of aliphatic hydroxyl groups excluding tert-OH is 1. The third-order valence-corrected chi connectivity index (χ3v) is 4.15. The molecule has 1 aromatic carbocycles. The van der Waals surface area contributed by atoms with E-state index in [2.05, 4.69) is 20.7 Å². The van der Waals surface area contributed by atoms with Gasteiger partial charge >= 0.3 is 0 Å². The molecule has 0 radical (unpaired) electrons. The molecule has 1 rings (SSSR count). The molecule has 4 nitrogen and oxygen atoms in total. The van der Waals surface area contributed by atoms with Crippen molar-refractivity contribution in [2.24, 2.45) is 0 Å². The van der Waals surface area contributed by atoms with E-state index in [0.29, 0.717) is 4.47 Å². The molecule has 90 valence electrons. The predicted molar refractivity (Wildman–Crippen MR) is 66.0 cm³/mol. The Bertz CT molecular complexity index is 476. The van der Waals surface area contributed by atoms with Crippen molar-refractivity contribution in [1.29, 1.82) is 0 Å². The maximum Gasteiger partial charge on any atom is 0.242 e. The first-order valence-electron chi connectivity index (χ1n) is 4.45. The highest BCUT2D eigenvalue weighted by Gasteiger charge is 2.18. The summed E-state index contributed by atoms with van der Waals surface area (Å²) in [5.41, 5.74) is 0. The lowest BCUT2D eigenvalue weighted by Gasteiger charge is -2.09. The second kappa shape index (κ2) is 5.46. The topological polar surface area (TPSA) is 66.4 Å². The first kappa shape index (κ1) is 13.9. The summed E-state index contributed by atoms with van der Waals surface area (Å²) in [5.74, 6) is 0. The number of rotatable bonds is 4. The molecule has 0 amide bonds. The van der Waals surface area contributed by atoms with Gasteiger partial charge in [-0.3, -0.25) is 0 Å². The van der Waals surface area contributed by atoms with E-state index in [0.717, 1.165) is 0 Å². The lowest BCUT2D eigenvalue weighted by atomic mass is 10.4. The fourth-order valence-corrected chi connectivity index (χ4v) is 3.16. The van der Waals surface area contributed by atoms with Crippen LogP contribution in [0, 0.1) is 0 Å². The summed E-state index contributed by atoms with van der Waals surface area (Å²) in [4.78, 5) is -0.00184. The largest absolute Gasteiger partial charge is 0.392 e. The Hall–Kier alpha value is -0.140. The van der Waals surface area contributed by atoms with E-state index in [9.17, 15) is 8.42 Å². The van der Waals surface area contributed by atoms with Crippen molar-refractivity contribution >= 4 is 37.6 Å². The zero-order valence-electron chi connectivity index (χ0n) is 8.44. The van der Waals surface area contributed by atoms with Gasteiger partial charge in [0.1, 0.15) is 4.90 Å². The van der Waals surface area contributed by atoms with Crippen LogP contribution in [0.1, 0.15) is 6.92 Å². The highest BCUT2D eigenvalue weighted by molar-refractivity contribution is 9.10. The highest BCUT2D eigenvalue weighted by atomic mass is 79.9. The van der Waals surface area contributed by atoms with Crippen LogP contribution in [0.4, 0.5) is 0 Å². The summed E-state index contributed by atoms with van der Waals surface area (Å²) >= 11 is 9.00. The fourth-order valence-electron chi connectivity index (χ4n) is 1.00. The van der Waals surface area contributed by atoms with Gasteiger partial charge in [0, 0.05) is 11.0 Å². The Morgan fingerprint density at radius 1 is 1.56 bits per heavy atom. The summed E-state index contributed by atoms with van der Waals surface area (Å²) in [5, 5.41) is 9.14. The van der Waals surface area contributed by atoms with Gasteiger partial charge in [0.25, 0.3) is 0 Å². The van der Waals surface area contributed by atoms with Gasteiger partial charge < -0.3 is 5.11 Å². The molecular formula is C9H11BrClNO3S. The predicted octanol–water partition coefficient (Wildman–Crippen LogP) is 1.76. The number of aliphatic hydroxyl groups is 1. The monoisotopic (exact) mass is 327 g/mol. The molecule has 0 aliphatic rings. The van der Waals surface area contributed by atoms with Crippen molar-refractivity contribution in [3.05, 3.63) is 27.7 Å². The van der Waals surface area contributed by atoms with E-state index in [1.165, 1.54) is 19.1 Å². The molecule has 1 aromatic rings. The number of benzene rings is 1. The minimum absolute atomic E-state index is 0.00184. The van der Waals surface area contributed by atoms with Crippen molar-refractivity contribution in [1.82, 2.24) is 4.72 Å². The molecule has 7 heteroatoms. The molecule has 0 aliphatic carbocycles. The molecule has 0 spiro atoms. The second-order valence-corrected chi connectivity index (χ2v) is 6.33. The average Bonchev–Trinajstić information content (AvgIpc) is 2.14. The number of sulfonamides is 1. The summed E-state index contributed by atoms with van der Waals surface area (Å²) in [6, 6.07) is 4.48. The van der Waals surface area contributed by atoms with Gasteiger partial charge in [-0.1, -0.05) is 27.5 Å². The van der Waals surface area contributed by atoms with Gasteiger partial charge in [0.05, 0.1) is 11.1 Å². The molecule has 1 atom stereocenters. The molecule has 0 aromatic heterocycles. The van der Waals surface area contributed by atoms with Crippen molar-refractivity contribution in [2.45, 2.75) is 17.9 Å². The molecule has 0 saturated carbocycles. The Balaban J connectivity index is 2.99. The maximum absolute atomic E-state index is 11.7. The van der Waals surface area contributed by atoms with E-state index < -0.39 is 16.1 Å². The molecule has 16 heavy (non-hydrogen) atoms. The number of nitrogens with one attached hydrogen (secondary N) is 1. The van der Waals surface area contributed by atoms with Crippen LogP contribution in [0.25, 0.3) is 0 Å². The summed E-state index contributed by atoms with van der Waals surface area (Å²) in [7, 11) is -3.67. The van der Waals surface area contributed by atoms with Gasteiger partial charge in [0.15, 0.2) is 0 Å².